The number of fused-ring (bicyclic) bond motifs is 1. The predicted molar refractivity (Wildman–Crippen MR) is 81.6 cm³/mol. The smallest absolute Gasteiger partial charge is 0.315 e. The van der Waals surface area contributed by atoms with E-state index in [2.05, 4.69) is 10.1 Å². The number of carboxylic acid groups (broad SMARTS) is 1. The van der Waals surface area contributed by atoms with Gasteiger partial charge in [-0.1, -0.05) is 12.1 Å². The van der Waals surface area contributed by atoms with Crippen molar-refractivity contribution in [1.29, 1.82) is 0 Å². The normalized spacial score (nSPS) is 31.5. The summed E-state index contributed by atoms with van der Waals surface area (Å²) < 4.78 is 20.7. The lowest BCUT2D eigenvalue weighted by atomic mass is 9.66. The average Bonchev–Trinajstić information content (AvgIpc) is 3.11. The number of rotatable bonds is 5. The van der Waals surface area contributed by atoms with Crippen LogP contribution in [0, 0.1) is 17.2 Å². The number of carbonyl (C=O) groups is 1. The zero-order chi connectivity index (χ0) is 16.8. The lowest BCUT2D eigenvalue weighted by Crippen LogP contribution is -2.68. The molecule has 1 N–H and O–H groups in total. The minimum absolute atomic E-state index is 0.0389. The Morgan fingerprint density at radius 1 is 1.42 bits per heavy atom. The number of halogens is 1. The summed E-state index contributed by atoms with van der Waals surface area (Å²) in [5, 5.41) is 14.0. The van der Waals surface area contributed by atoms with Crippen LogP contribution in [0.25, 0.3) is 0 Å². The van der Waals surface area contributed by atoms with Crippen LogP contribution >= 0.6 is 0 Å². The highest BCUT2D eigenvalue weighted by Gasteiger charge is 2.72. The number of aliphatic carboxylic acids is 1. The Morgan fingerprint density at radius 2 is 2.21 bits per heavy atom. The molecular weight excluding hydrogens is 313 g/mol. The zero-order valence-electron chi connectivity index (χ0n) is 13.1. The van der Waals surface area contributed by atoms with E-state index in [9.17, 15) is 14.3 Å². The summed E-state index contributed by atoms with van der Waals surface area (Å²) in [6.45, 7) is 0.599. The minimum Gasteiger partial charge on any atom is -0.481 e. The molecule has 2 heterocycles. The van der Waals surface area contributed by atoms with Gasteiger partial charge >= 0.3 is 5.97 Å². The van der Waals surface area contributed by atoms with E-state index in [4.69, 9.17) is 4.74 Å². The first-order valence-corrected chi connectivity index (χ1v) is 8.00. The third-order valence-corrected chi connectivity index (χ3v) is 5.63. The van der Waals surface area contributed by atoms with E-state index in [1.54, 1.807) is 23.1 Å². The number of carboxylic acids is 1. The Morgan fingerprint density at radius 3 is 2.79 bits per heavy atom. The molecule has 0 radical (unpaired) electrons. The highest BCUT2D eigenvalue weighted by molar-refractivity contribution is 5.78. The summed E-state index contributed by atoms with van der Waals surface area (Å²) in [7, 11) is 0. The van der Waals surface area contributed by atoms with Crippen molar-refractivity contribution in [3.05, 3.63) is 48.3 Å². The first-order valence-electron chi connectivity index (χ1n) is 8.00. The van der Waals surface area contributed by atoms with Gasteiger partial charge in [0.25, 0.3) is 0 Å². The van der Waals surface area contributed by atoms with Crippen LogP contribution < -0.4 is 0 Å². The van der Waals surface area contributed by atoms with Gasteiger partial charge in [-0.05, 0) is 42.9 Å². The second-order valence-electron chi connectivity index (χ2n) is 6.72. The highest BCUT2D eigenvalue weighted by Crippen LogP contribution is 2.61. The Hall–Kier alpha value is -2.28. The Bertz CT molecular complexity index is 749. The molecule has 1 aliphatic heterocycles. The Kier molecular flexibility index (Phi) is 3.42. The quantitative estimate of drug-likeness (QED) is 0.905. The number of ether oxygens (including phenoxy) is 1. The van der Waals surface area contributed by atoms with E-state index in [-0.39, 0.29) is 18.3 Å². The molecule has 2 aromatic rings. The van der Waals surface area contributed by atoms with Crippen molar-refractivity contribution in [2.75, 3.05) is 6.61 Å². The lowest BCUT2D eigenvalue weighted by Gasteiger charge is -2.54. The molecule has 1 aromatic carbocycles. The van der Waals surface area contributed by atoms with Gasteiger partial charge in [-0.3, -0.25) is 9.48 Å². The van der Waals surface area contributed by atoms with Crippen LogP contribution in [0.1, 0.15) is 18.4 Å². The number of aromatic nitrogens is 3. The summed E-state index contributed by atoms with van der Waals surface area (Å²) in [6.07, 6.45) is 5.02. The van der Waals surface area contributed by atoms with Crippen molar-refractivity contribution in [1.82, 2.24) is 14.8 Å². The summed E-state index contributed by atoms with van der Waals surface area (Å²) in [5.74, 6) is -1.05. The molecule has 7 heteroatoms. The molecule has 1 saturated carbocycles. The summed E-state index contributed by atoms with van der Waals surface area (Å²) in [6, 6.07) is 6.36. The standard InChI is InChI=1S/C17H18FN3O3/c18-14-3-1-12(2-4-14)7-13-5-6-16(15(22)23)9-24-17(13,16)8-21-11-19-10-20-21/h1-4,10-11,13H,5-9H2,(H,22,23). The molecule has 6 nitrogen and oxygen atoms in total. The molecule has 3 atom stereocenters. The molecule has 24 heavy (non-hydrogen) atoms. The molecule has 0 bridgehead atoms. The van der Waals surface area contributed by atoms with Gasteiger partial charge in [-0.2, -0.15) is 5.10 Å². The minimum atomic E-state index is -0.871. The van der Waals surface area contributed by atoms with Gasteiger partial charge in [-0.25, -0.2) is 9.37 Å². The fourth-order valence-corrected chi connectivity index (χ4v) is 4.28. The average molecular weight is 331 g/mol. The van der Waals surface area contributed by atoms with E-state index in [0.717, 1.165) is 12.0 Å². The van der Waals surface area contributed by atoms with Crippen LogP contribution in [0.5, 0.6) is 0 Å². The molecule has 1 saturated heterocycles. The second kappa shape index (κ2) is 5.37. The molecule has 1 aliphatic carbocycles. The maximum atomic E-state index is 13.1. The van der Waals surface area contributed by atoms with Crippen molar-refractivity contribution in [3.63, 3.8) is 0 Å². The predicted octanol–water partition coefficient (Wildman–Crippen LogP) is 1.91. The van der Waals surface area contributed by atoms with E-state index in [1.165, 1.54) is 18.5 Å². The van der Waals surface area contributed by atoms with Crippen molar-refractivity contribution < 1.29 is 19.0 Å². The Balaban J connectivity index is 1.66. The van der Waals surface area contributed by atoms with Crippen molar-refractivity contribution in [2.45, 2.75) is 31.4 Å². The van der Waals surface area contributed by atoms with E-state index in [1.807, 2.05) is 0 Å². The first-order chi connectivity index (χ1) is 11.6. The monoisotopic (exact) mass is 331 g/mol. The molecule has 4 rings (SSSR count). The fraction of sp³-hybridized carbons (Fsp3) is 0.471. The third-order valence-electron chi connectivity index (χ3n) is 5.63. The number of benzene rings is 1. The van der Waals surface area contributed by atoms with Crippen molar-refractivity contribution in [2.24, 2.45) is 11.3 Å². The molecule has 3 unspecified atom stereocenters. The van der Waals surface area contributed by atoms with E-state index < -0.39 is 17.0 Å². The fourth-order valence-electron chi connectivity index (χ4n) is 4.28. The first kappa shape index (κ1) is 15.3. The zero-order valence-corrected chi connectivity index (χ0v) is 13.1. The maximum Gasteiger partial charge on any atom is 0.315 e. The molecule has 0 amide bonds. The van der Waals surface area contributed by atoms with Crippen LogP contribution in [-0.2, 0) is 22.5 Å². The molecular formula is C17H18FN3O3. The third kappa shape index (κ3) is 2.07. The second-order valence-corrected chi connectivity index (χ2v) is 6.72. The largest absolute Gasteiger partial charge is 0.481 e. The summed E-state index contributed by atoms with van der Waals surface area (Å²) >= 11 is 0. The summed E-state index contributed by atoms with van der Waals surface area (Å²) in [4.78, 5) is 15.9. The molecule has 2 aliphatic rings. The molecule has 126 valence electrons. The number of hydrogen-bond acceptors (Lipinski definition) is 4. The van der Waals surface area contributed by atoms with Gasteiger partial charge in [0.2, 0.25) is 0 Å². The molecule has 2 fully saturated rings. The molecule has 0 spiro atoms. The van der Waals surface area contributed by atoms with Gasteiger partial charge in [0, 0.05) is 0 Å². The van der Waals surface area contributed by atoms with Crippen LogP contribution in [-0.4, -0.2) is 38.0 Å². The van der Waals surface area contributed by atoms with Gasteiger partial charge in [-0.15, -0.1) is 0 Å². The van der Waals surface area contributed by atoms with Gasteiger partial charge < -0.3 is 9.84 Å². The van der Waals surface area contributed by atoms with Crippen LogP contribution in [0.4, 0.5) is 4.39 Å². The Labute approximate surface area is 138 Å². The van der Waals surface area contributed by atoms with Crippen molar-refractivity contribution in [3.8, 4) is 0 Å². The van der Waals surface area contributed by atoms with Crippen LogP contribution in [0.15, 0.2) is 36.9 Å². The van der Waals surface area contributed by atoms with Crippen LogP contribution in [0.3, 0.4) is 0 Å². The topological polar surface area (TPSA) is 77.2 Å². The summed E-state index contributed by atoms with van der Waals surface area (Å²) in [5.41, 5.74) is -0.680. The number of hydrogen-bond donors (Lipinski definition) is 1. The number of nitrogens with zero attached hydrogens (tertiary/aromatic N) is 3. The molecule has 1 aromatic heterocycles. The van der Waals surface area contributed by atoms with E-state index in [0.29, 0.717) is 19.4 Å². The maximum absolute atomic E-state index is 13.1. The van der Waals surface area contributed by atoms with Crippen LogP contribution in [0.2, 0.25) is 0 Å². The van der Waals surface area contributed by atoms with Gasteiger partial charge in [0.1, 0.15) is 29.5 Å². The SMILES string of the molecule is O=C(O)C12CCC(Cc3ccc(F)cc3)C1(Cn1cncn1)OC2. The van der Waals surface area contributed by atoms with E-state index >= 15 is 0 Å². The lowest BCUT2D eigenvalue weighted by molar-refractivity contribution is -0.273. The van der Waals surface area contributed by atoms with Crippen molar-refractivity contribution >= 4 is 5.97 Å². The van der Waals surface area contributed by atoms with Gasteiger partial charge in [0.05, 0.1) is 13.2 Å². The van der Waals surface area contributed by atoms with Gasteiger partial charge in [0.15, 0.2) is 0 Å². The highest BCUT2D eigenvalue weighted by atomic mass is 19.1.